The van der Waals surface area contributed by atoms with E-state index in [0.717, 1.165) is 12.0 Å². The predicted octanol–water partition coefficient (Wildman–Crippen LogP) is 2.59. The molecule has 1 aromatic carbocycles. The second-order valence-corrected chi connectivity index (χ2v) is 6.43. The van der Waals surface area contributed by atoms with Gasteiger partial charge in [-0.1, -0.05) is 12.1 Å². The molecule has 23 heavy (non-hydrogen) atoms. The van der Waals surface area contributed by atoms with E-state index in [9.17, 15) is 9.18 Å². The van der Waals surface area contributed by atoms with Gasteiger partial charge in [-0.2, -0.15) is 0 Å². The fourth-order valence-electron chi connectivity index (χ4n) is 3.95. The summed E-state index contributed by atoms with van der Waals surface area (Å²) in [6.45, 7) is 0. The van der Waals surface area contributed by atoms with E-state index in [1.807, 2.05) is 12.3 Å². The molecule has 2 aliphatic heterocycles. The van der Waals surface area contributed by atoms with Crippen LogP contribution in [0.25, 0.3) is 11.1 Å². The molecule has 2 bridgehead atoms. The summed E-state index contributed by atoms with van der Waals surface area (Å²) in [4.78, 5) is 15.6. The number of fused-ring (bicyclic) bond motifs is 2. The molecule has 1 amide bonds. The number of hydrogen-bond donors (Lipinski definition) is 2. The first-order valence-corrected chi connectivity index (χ1v) is 7.93. The minimum absolute atomic E-state index is 0.0884. The molecule has 2 aromatic rings. The number of benzene rings is 1. The van der Waals surface area contributed by atoms with Gasteiger partial charge in [-0.05, 0) is 37.0 Å². The standard InChI is InChI=1S/C18H18FN3O/c19-17-13(2-1-3-14(17)18(20)23)10-6-11(9-21-8-10)15-7-12-4-5-16(15)22-12/h1-3,6,8-9,12,15-16,22H,4-5,7H2,(H2,20,23). The number of amides is 1. The van der Waals surface area contributed by atoms with Crippen LogP contribution in [0.4, 0.5) is 4.39 Å². The third-order valence-electron chi connectivity index (χ3n) is 5.06. The summed E-state index contributed by atoms with van der Waals surface area (Å²) in [6.07, 6.45) is 7.04. The van der Waals surface area contributed by atoms with Crippen LogP contribution in [-0.4, -0.2) is 23.0 Å². The molecule has 3 heterocycles. The fourth-order valence-corrected chi connectivity index (χ4v) is 3.95. The largest absolute Gasteiger partial charge is 0.366 e. The Morgan fingerprint density at radius 3 is 2.87 bits per heavy atom. The first-order chi connectivity index (χ1) is 11.1. The van der Waals surface area contributed by atoms with Crippen molar-refractivity contribution < 1.29 is 9.18 Å². The molecule has 0 saturated carbocycles. The second-order valence-electron chi connectivity index (χ2n) is 6.43. The first kappa shape index (κ1) is 14.3. The summed E-state index contributed by atoms with van der Waals surface area (Å²) < 4.78 is 14.5. The number of nitrogens with two attached hydrogens (primary N) is 1. The van der Waals surface area contributed by atoms with Crippen molar-refractivity contribution in [1.82, 2.24) is 10.3 Å². The lowest BCUT2D eigenvalue weighted by molar-refractivity contribution is 0.0996. The number of pyridine rings is 1. The van der Waals surface area contributed by atoms with Crippen molar-refractivity contribution >= 4 is 5.91 Å². The Hall–Kier alpha value is -2.27. The SMILES string of the molecule is NC(=O)c1cccc(-c2cncc(C3CC4CCC3N4)c2)c1F. The molecule has 3 N–H and O–H groups in total. The average molecular weight is 311 g/mol. The minimum atomic E-state index is -0.759. The predicted molar refractivity (Wildman–Crippen MR) is 85.5 cm³/mol. The van der Waals surface area contributed by atoms with Gasteiger partial charge >= 0.3 is 0 Å². The molecule has 2 aliphatic rings. The molecular formula is C18H18FN3O. The topological polar surface area (TPSA) is 68.0 Å². The average Bonchev–Trinajstić information content (AvgIpc) is 3.18. The van der Waals surface area contributed by atoms with Gasteiger partial charge in [-0.25, -0.2) is 4.39 Å². The minimum Gasteiger partial charge on any atom is -0.366 e. The molecule has 0 aliphatic carbocycles. The third-order valence-corrected chi connectivity index (χ3v) is 5.06. The van der Waals surface area contributed by atoms with E-state index in [-0.39, 0.29) is 5.56 Å². The number of nitrogens with zero attached hydrogens (tertiary/aromatic N) is 1. The number of hydrogen-bond acceptors (Lipinski definition) is 3. The summed E-state index contributed by atoms with van der Waals surface area (Å²) in [5.74, 6) is -0.903. The number of rotatable bonds is 3. The van der Waals surface area contributed by atoms with Crippen molar-refractivity contribution in [2.24, 2.45) is 5.73 Å². The Balaban J connectivity index is 1.72. The van der Waals surface area contributed by atoms with Crippen molar-refractivity contribution in [3.63, 3.8) is 0 Å². The van der Waals surface area contributed by atoms with Crippen molar-refractivity contribution in [1.29, 1.82) is 0 Å². The van der Waals surface area contributed by atoms with Crippen molar-refractivity contribution in [2.75, 3.05) is 0 Å². The van der Waals surface area contributed by atoms with Gasteiger partial charge < -0.3 is 11.1 Å². The van der Waals surface area contributed by atoms with E-state index < -0.39 is 11.7 Å². The third kappa shape index (κ3) is 2.41. The van der Waals surface area contributed by atoms with E-state index in [4.69, 9.17) is 5.73 Å². The summed E-state index contributed by atoms with van der Waals surface area (Å²) in [6, 6.07) is 7.79. The van der Waals surface area contributed by atoms with E-state index in [1.165, 1.54) is 18.9 Å². The monoisotopic (exact) mass is 311 g/mol. The highest BCUT2D eigenvalue weighted by Gasteiger charge is 2.39. The maximum absolute atomic E-state index is 14.5. The first-order valence-electron chi connectivity index (χ1n) is 7.93. The van der Waals surface area contributed by atoms with Gasteiger partial charge in [0, 0.05) is 41.5 Å². The second kappa shape index (κ2) is 5.42. The van der Waals surface area contributed by atoms with Gasteiger partial charge in [0.2, 0.25) is 0 Å². The number of carbonyl (C=O) groups is 1. The van der Waals surface area contributed by atoms with E-state index in [0.29, 0.717) is 29.1 Å². The van der Waals surface area contributed by atoms with Gasteiger partial charge in [0.05, 0.1) is 5.56 Å². The van der Waals surface area contributed by atoms with Crippen LogP contribution in [0.2, 0.25) is 0 Å². The van der Waals surface area contributed by atoms with Crippen LogP contribution in [0, 0.1) is 5.82 Å². The van der Waals surface area contributed by atoms with E-state index in [1.54, 1.807) is 18.3 Å². The molecule has 0 radical (unpaired) electrons. The molecule has 4 rings (SSSR count). The number of primary amides is 1. The maximum Gasteiger partial charge on any atom is 0.251 e. The highest BCUT2D eigenvalue weighted by atomic mass is 19.1. The molecule has 4 nitrogen and oxygen atoms in total. The summed E-state index contributed by atoms with van der Waals surface area (Å²) in [7, 11) is 0. The molecule has 2 fully saturated rings. The van der Waals surface area contributed by atoms with Crippen LogP contribution in [0.3, 0.4) is 0 Å². The zero-order valence-electron chi connectivity index (χ0n) is 12.6. The van der Waals surface area contributed by atoms with Gasteiger partial charge in [-0.15, -0.1) is 0 Å². The Kier molecular flexibility index (Phi) is 3.38. The summed E-state index contributed by atoms with van der Waals surface area (Å²) in [5.41, 5.74) is 7.32. The smallest absolute Gasteiger partial charge is 0.251 e. The van der Waals surface area contributed by atoms with Gasteiger partial charge in [-0.3, -0.25) is 9.78 Å². The lowest BCUT2D eigenvalue weighted by Gasteiger charge is -2.20. The fraction of sp³-hybridized carbons (Fsp3) is 0.333. The van der Waals surface area contributed by atoms with Crippen molar-refractivity contribution in [3.8, 4) is 11.1 Å². The van der Waals surface area contributed by atoms with Crippen LogP contribution in [0.15, 0.2) is 36.7 Å². The maximum atomic E-state index is 14.5. The molecule has 1 aromatic heterocycles. The number of nitrogens with one attached hydrogen (secondary N) is 1. The van der Waals surface area contributed by atoms with E-state index in [2.05, 4.69) is 10.3 Å². The Morgan fingerprint density at radius 2 is 2.17 bits per heavy atom. The van der Waals surface area contributed by atoms with Gasteiger partial charge in [0.25, 0.3) is 5.91 Å². The van der Waals surface area contributed by atoms with Gasteiger partial charge in [0.1, 0.15) is 5.82 Å². The molecular weight excluding hydrogens is 293 g/mol. The Bertz CT molecular complexity index is 777. The van der Waals surface area contributed by atoms with Crippen LogP contribution in [0.5, 0.6) is 0 Å². The highest BCUT2D eigenvalue weighted by Crippen LogP contribution is 2.40. The summed E-state index contributed by atoms with van der Waals surface area (Å²) >= 11 is 0. The van der Waals surface area contributed by atoms with Crippen molar-refractivity contribution in [3.05, 3.63) is 53.6 Å². The zero-order valence-corrected chi connectivity index (χ0v) is 12.6. The molecule has 2 saturated heterocycles. The van der Waals surface area contributed by atoms with Crippen LogP contribution in [0.1, 0.15) is 41.1 Å². The van der Waals surface area contributed by atoms with Crippen LogP contribution in [-0.2, 0) is 0 Å². The van der Waals surface area contributed by atoms with Crippen LogP contribution < -0.4 is 11.1 Å². The number of carbonyl (C=O) groups excluding carboxylic acids is 1. The zero-order chi connectivity index (χ0) is 16.0. The molecule has 0 spiro atoms. The lowest BCUT2D eigenvalue weighted by atomic mass is 9.84. The molecule has 3 unspecified atom stereocenters. The normalized spacial score (nSPS) is 25.7. The number of aromatic nitrogens is 1. The lowest BCUT2D eigenvalue weighted by Crippen LogP contribution is -2.21. The Morgan fingerprint density at radius 1 is 1.30 bits per heavy atom. The molecule has 3 atom stereocenters. The number of halogens is 1. The van der Waals surface area contributed by atoms with Crippen molar-refractivity contribution in [2.45, 2.75) is 37.3 Å². The molecule has 5 heteroatoms. The van der Waals surface area contributed by atoms with E-state index >= 15 is 0 Å². The molecule has 118 valence electrons. The van der Waals surface area contributed by atoms with Gasteiger partial charge in [0.15, 0.2) is 0 Å². The summed E-state index contributed by atoms with van der Waals surface area (Å²) in [5, 5.41) is 3.61. The highest BCUT2D eigenvalue weighted by molar-refractivity contribution is 5.94. The Labute approximate surface area is 133 Å². The quantitative estimate of drug-likeness (QED) is 0.915. The van der Waals surface area contributed by atoms with Crippen LogP contribution >= 0.6 is 0 Å².